The third-order valence-electron chi connectivity index (χ3n) is 4.77. The van der Waals surface area contributed by atoms with Gasteiger partial charge in [-0.15, -0.1) is 0 Å². The van der Waals surface area contributed by atoms with E-state index >= 15 is 0 Å². The Morgan fingerprint density at radius 3 is 2.78 bits per heavy atom. The van der Waals surface area contributed by atoms with Crippen molar-refractivity contribution in [3.8, 4) is 0 Å². The first-order chi connectivity index (χ1) is 11.0. The van der Waals surface area contributed by atoms with Crippen LogP contribution in [0, 0.1) is 5.92 Å². The van der Waals surface area contributed by atoms with Crippen LogP contribution in [0.15, 0.2) is 30.3 Å². The van der Waals surface area contributed by atoms with Crippen molar-refractivity contribution in [2.45, 2.75) is 45.1 Å². The van der Waals surface area contributed by atoms with Gasteiger partial charge < -0.3 is 16.0 Å². The molecule has 0 radical (unpaired) electrons. The largest absolute Gasteiger partial charge is 0.354 e. The fourth-order valence-corrected chi connectivity index (χ4v) is 3.25. The molecule has 2 rings (SSSR count). The van der Waals surface area contributed by atoms with Crippen LogP contribution >= 0.6 is 0 Å². The first-order valence-corrected chi connectivity index (χ1v) is 8.85. The van der Waals surface area contributed by atoms with E-state index in [1.54, 1.807) is 6.92 Å². The molecule has 4 nitrogen and oxygen atoms in total. The molecule has 1 fully saturated rings. The van der Waals surface area contributed by atoms with Crippen molar-refractivity contribution in [1.29, 1.82) is 0 Å². The van der Waals surface area contributed by atoms with Gasteiger partial charge in [-0.1, -0.05) is 37.3 Å². The Hall–Kier alpha value is -1.39. The summed E-state index contributed by atoms with van der Waals surface area (Å²) < 4.78 is 0. The Morgan fingerprint density at radius 2 is 2.09 bits per heavy atom. The number of unbranched alkanes of at least 4 members (excludes halogenated alkanes) is 1. The number of carbonyl (C=O) groups excluding carboxylic acids is 1. The smallest absolute Gasteiger partial charge is 0.244 e. The summed E-state index contributed by atoms with van der Waals surface area (Å²) in [6, 6.07) is 9.55. The molecule has 0 aromatic heterocycles. The van der Waals surface area contributed by atoms with Crippen LogP contribution < -0.4 is 11.1 Å². The lowest BCUT2D eigenvalue weighted by atomic mass is 9.92. The van der Waals surface area contributed by atoms with E-state index in [4.69, 9.17) is 5.73 Å². The average Bonchev–Trinajstić information content (AvgIpc) is 2.55. The standard InChI is InChI=1S/C19H31N3O/c1-16-9-8-14-22(15-16)13-7-6-12-21-18(23)19(2,20)17-10-4-3-5-11-17/h3-5,10-11,16H,6-9,12-15,20H2,1-2H3,(H,21,23). The first-order valence-electron chi connectivity index (χ1n) is 8.85. The van der Waals surface area contributed by atoms with Gasteiger partial charge in [-0.05, 0) is 57.2 Å². The van der Waals surface area contributed by atoms with Gasteiger partial charge >= 0.3 is 0 Å². The predicted molar refractivity (Wildman–Crippen MR) is 95.1 cm³/mol. The topological polar surface area (TPSA) is 58.4 Å². The normalized spacial score (nSPS) is 21.6. The van der Waals surface area contributed by atoms with Crippen molar-refractivity contribution in [3.63, 3.8) is 0 Å². The maximum absolute atomic E-state index is 12.3. The number of nitrogens with two attached hydrogens (primary N) is 1. The summed E-state index contributed by atoms with van der Waals surface area (Å²) in [5.41, 5.74) is 6.09. The lowest BCUT2D eigenvalue weighted by Crippen LogP contribution is -2.49. The van der Waals surface area contributed by atoms with Crippen molar-refractivity contribution >= 4 is 5.91 Å². The number of amides is 1. The number of carbonyl (C=O) groups is 1. The molecule has 1 aliphatic rings. The van der Waals surface area contributed by atoms with Crippen molar-refractivity contribution < 1.29 is 4.79 Å². The molecule has 23 heavy (non-hydrogen) atoms. The number of rotatable bonds is 7. The highest BCUT2D eigenvalue weighted by Crippen LogP contribution is 2.17. The van der Waals surface area contributed by atoms with E-state index in [2.05, 4.69) is 17.1 Å². The summed E-state index contributed by atoms with van der Waals surface area (Å²) in [6.45, 7) is 8.39. The van der Waals surface area contributed by atoms with Crippen molar-refractivity contribution in [2.75, 3.05) is 26.2 Å². The van der Waals surface area contributed by atoms with Gasteiger partial charge in [0.05, 0.1) is 0 Å². The summed E-state index contributed by atoms with van der Waals surface area (Å²) in [6.07, 6.45) is 4.81. The van der Waals surface area contributed by atoms with E-state index in [9.17, 15) is 4.79 Å². The zero-order chi connectivity index (χ0) is 16.7. The van der Waals surface area contributed by atoms with Crippen LogP contribution in [0.5, 0.6) is 0 Å². The Balaban J connectivity index is 1.66. The minimum absolute atomic E-state index is 0.102. The second-order valence-electron chi connectivity index (χ2n) is 7.08. The summed E-state index contributed by atoms with van der Waals surface area (Å²) in [7, 11) is 0. The molecule has 2 unspecified atom stereocenters. The molecule has 0 bridgehead atoms. The summed E-state index contributed by atoms with van der Waals surface area (Å²) >= 11 is 0. The molecular weight excluding hydrogens is 286 g/mol. The van der Waals surface area contributed by atoms with E-state index in [1.807, 2.05) is 30.3 Å². The molecule has 1 amide bonds. The highest BCUT2D eigenvalue weighted by Gasteiger charge is 2.29. The summed E-state index contributed by atoms with van der Waals surface area (Å²) in [5.74, 6) is 0.725. The monoisotopic (exact) mass is 317 g/mol. The molecular formula is C19H31N3O. The third kappa shape index (κ3) is 5.33. The summed E-state index contributed by atoms with van der Waals surface area (Å²) in [4.78, 5) is 14.9. The van der Waals surface area contributed by atoms with Gasteiger partial charge in [0.2, 0.25) is 5.91 Å². The Kier molecular flexibility index (Phi) is 6.60. The number of likely N-dealkylation sites (tertiary alicyclic amines) is 1. The molecule has 0 saturated carbocycles. The van der Waals surface area contributed by atoms with Crippen molar-refractivity contribution in [2.24, 2.45) is 11.7 Å². The van der Waals surface area contributed by atoms with Crippen LogP contribution in [0.1, 0.15) is 45.1 Å². The molecule has 2 atom stereocenters. The summed E-state index contributed by atoms with van der Waals surface area (Å²) in [5, 5.41) is 2.99. The van der Waals surface area contributed by atoms with Crippen LogP contribution in [0.4, 0.5) is 0 Å². The number of benzene rings is 1. The van der Waals surface area contributed by atoms with Crippen molar-refractivity contribution in [1.82, 2.24) is 10.2 Å². The minimum atomic E-state index is -0.969. The second kappa shape index (κ2) is 8.46. The molecule has 0 spiro atoms. The zero-order valence-electron chi connectivity index (χ0n) is 14.6. The Bertz CT molecular complexity index is 487. The molecule has 1 aromatic rings. The molecule has 1 aromatic carbocycles. The van der Waals surface area contributed by atoms with Crippen molar-refractivity contribution in [3.05, 3.63) is 35.9 Å². The van der Waals surface area contributed by atoms with E-state index in [0.29, 0.717) is 6.54 Å². The van der Waals surface area contributed by atoms with Gasteiger partial charge in [-0.3, -0.25) is 4.79 Å². The van der Waals surface area contributed by atoms with E-state index in [0.717, 1.165) is 30.9 Å². The average molecular weight is 317 g/mol. The van der Waals surface area contributed by atoms with Crippen LogP contribution in [0.2, 0.25) is 0 Å². The molecule has 1 aliphatic heterocycles. The SMILES string of the molecule is CC1CCCN(CCCCNC(=O)C(C)(N)c2ccccc2)C1. The number of piperidine rings is 1. The van der Waals surface area contributed by atoms with E-state index in [-0.39, 0.29) is 5.91 Å². The Labute approximate surface area is 140 Å². The van der Waals surface area contributed by atoms with Gasteiger partial charge in [0.15, 0.2) is 0 Å². The molecule has 1 saturated heterocycles. The quantitative estimate of drug-likeness (QED) is 0.760. The molecule has 0 aliphatic carbocycles. The fraction of sp³-hybridized carbons (Fsp3) is 0.632. The number of nitrogens with one attached hydrogen (secondary N) is 1. The Morgan fingerprint density at radius 1 is 1.35 bits per heavy atom. The maximum atomic E-state index is 12.3. The maximum Gasteiger partial charge on any atom is 0.244 e. The lowest BCUT2D eigenvalue weighted by molar-refractivity contribution is -0.126. The van der Waals surface area contributed by atoms with Gasteiger partial charge in [0.25, 0.3) is 0 Å². The molecule has 1 heterocycles. The highest BCUT2D eigenvalue weighted by atomic mass is 16.2. The van der Waals surface area contributed by atoms with Gasteiger partial charge in [-0.25, -0.2) is 0 Å². The van der Waals surface area contributed by atoms with E-state index in [1.165, 1.54) is 25.9 Å². The van der Waals surface area contributed by atoms with Crippen LogP contribution in [-0.2, 0) is 10.3 Å². The molecule has 128 valence electrons. The van der Waals surface area contributed by atoms with Gasteiger partial charge in [0, 0.05) is 13.1 Å². The molecule has 3 N–H and O–H groups in total. The minimum Gasteiger partial charge on any atom is -0.354 e. The highest BCUT2D eigenvalue weighted by molar-refractivity contribution is 5.86. The van der Waals surface area contributed by atoms with Gasteiger partial charge in [-0.2, -0.15) is 0 Å². The second-order valence-corrected chi connectivity index (χ2v) is 7.08. The molecule has 4 heteroatoms. The van der Waals surface area contributed by atoms with Crippen LogP contribution in [-0.4, -0.2) is 37.0 Å². The number of hydrogen-bond donors (Lipinski definition) is 2. The van der Waals surface area contributed by atoms with Gasteiger partial charge in [0.1, 0.15) is 5.54 Å². The van der Waals surface area contributed by atoms with Crippen LogP contribution in [0.3, 0.4) is 0 Å². The fourth-order valence-electron chi connectivity index (χ4n) is 3.25. The van der Waals surface area contributed by atoms with E-state index < -0.39 is 5.54 Å². The number of nitrogens with zero attached hydrogens (tertiary/aromatic N) is 1. The first kappa shape index (κ1) is 18.0. The lowest BCUT2D eigenvalue weighted by Gasteiger charge is -2.30. The number of hydrogen-bond acceptors (Lipinski definition) is 3. The zero-order valence-corrected chi connectivity index (χ0v) is 14.6. The third-order valence-corrected chi connectivity index (χ3v) is 4.77. The predicted octanol–water partition coefficient (Wildman–Crippen LogP) is 2.49. The van der Waals surface area contributed by atoms with Crippen LogP contribution in [0.25, 0.3) is 0 Å².